The van der Waals surface area contributed by atoms with Crippen LogP contribution >= 0.6 is 0 Å². The first-order valence-electron chi connectivity index (χ1n) is 4.98. The van der Waals surface area contributed by atoms with Gasteiger partial charge in [0.15, 0.2) is 0 Å². The monoisotopic (exact) mass is 208 g/mol. The molecule has 1 aromatic rings. The number of benzene rings is 1. The van der Waals surface area contributed by atoms with Gasteiger partial charge in [0, 0.05) is 25.2 Å². The lowest BCUT2D eigenvalue weighted by Gasteiger charge is -2.18. The highest BCUT2D eigenvalue weighted by Crippen LogP contribution is 2.28. The van der Waals surface area contributed by atoms with Gasteiger partial charge in [-0.05, 0) is 30.2 Å². The Bertz CT molecular complexity index is 392. The molecule has 0 radical (unpaired) electrons. The molecule has 2 rings (SSSR count). The summed E-state index contributed by atoms with van der Waals surface area (Å²) in [4.78, 5) is 12.7. The van der Waals surface area contributed by atoms with Gasteiger partial charge in [0.1, 0.15) is 5.82 Å². The number of anilines is 1. The van der Waals surface area contributed by atoms with Crippen molar-refractivity contribution in [1.29, 1.82) is 0 Å². The summed E-state index contributed by atoms with van der Waals surface area (Å²) in [6.45, 7) is 1.46. The smallest absolute Gasteiger partial charge is 0.219 e. The molecule has 0 spiro atoms. The van der Waals surface area contributed by atoms with E-state index in [1.807, 2.05) is 0 Å². The van der Waals surface area contributed by atoms with Crippen LogP contribution in [0.5, 0.6) is 0 Å². The van der Waals surface area contributed by atoms with Crippen molar-refractivity contribution >= 4 is 11.6 Å². The van der Waals surface area contributed by atoms with Crippen molar-refractivity contribution in [3.8, 4) is 0 Å². The fourth-order valence-corrected chi connectivity index (χ4v) is 1.92. The Labute approximate surface area is 87.7 Å². The van der Waals surface area contributed by atoms with Crippen molar-refractivity contribution < 1.29 is 9.18 Å². The number of primary amides is 1. The van der Waals surface area contributed by atoms with Gasteiger partial charge in [-0.3, -0.25) is 4.79 Å². The topological polar surface area (TPSA) is 46.3 Å². The van der Waals surface area contributed by atoms with Gasteiger partial charge >= 0.3 is 0 Å². The second-order valence-corrected chi connectivity index (χ2v) is 3.73. The first kappa shape index (κ1) is 9.96. The molecular formula is C11H13FN2O. The van der Waals surface area contributed by atoms with Gasteiger partial charge in [0.25, 0.3) is 0 Å². The van der Waals surface area contributed by atoms with Gasteiger partial charge < -0.3 is 10.6 Å². The number of rotatable bonds is 3. The zero-order valence-electron chi connectivity index (χ0n) is 8.37. The normalized spacial score (nSPS) is 14.1. The molecule has 0 saturated heterocycles. The summed E-state index contributed by atoms with van der Waals surface area (Å²) in [5, 5.41) is 0. The van der Waals surface area contributed by atoms with E-state index in [0.717, 1.165) is 24.2 Å². The first-order valence-corrected chi connectivity index (χ1v) is 4.98. The number of nitrogens with two attached hydrogens (primary N) is 1. The van der Waals surface area contributed by atoms with E-state index >= 15 is 0 Å². The third-order valence-corrected chi connectivity index (χ3v) is 2.66. The Morgan fingerprint density at radius 3 is 3.07 bits per heavy atom. The summed E-state index contributed by atoms with van der Waals surface area (Å²) in [5.74, 6) is -0.504. The molecule has 4 heteroatoms. The second-order valence-electron chi connectivity index (χ2n) is 3.73. The van der Waals surface area contributed by atoms with Crippen LogP contribution in [0.3, 0.4) is 0 Å². The number of hydrogen-bond acceptors (Lipinski definition) is 2. The predicted octanol–water partition coefficient (Wildman–Crippen LogP) is 1.06. The maximum atomic E-state index is 12.9. The Hall–Kier alpha value is -1.58. The molecule has 3 nitrogen and oxygen atoms in total. The van der Waals surface area contributed by atoms with Crippen LogP contribution in [0.15, 0.2) is 18.2 Å². The van der Waals surface area contributed by atoms with E-state index in [4.69, 9.17) is 5.73 Å². The van der Waals surface area contributed by atoms with Crippen molar-refractivity contribution in [2.45, 2.75) is 12.8 Å². The lowest BCUT2D eigenvalue weighted by atomic mass is 10.1. The summed E-state index contributed by atoms with van der Waals surface area (Å²) < 4.78 is 12.9. The average molecular weight is 208 g/mol. The molecule has 0 fully saturated rings. The molecule has 0 atom stereocenters. The number of nitrogens with zero attached hydrogens (tertiary/aromatic N) is 1. The third kappa shape index (κ3) is 2.09. The van der Waals surface area contributed by atoms with E-state index in [1.165, 1.54) is 6.07 Å². The maximum absolute atomic E-state index is 12.9. The minimum atomic E-state index is -0.300. The summed E-state index contributed by atoms with van der Waals surface area (Å²) in [5.41, 5.74) is 7.13. The zero-order valence-corrected chi connectivity index (χ0v) is 8.37. The first-order chi connectivity index (χ1) is 7.16. The molecule has 1 aliphatic heterocycles. The minimum Gasteiger partial charge on any atom is -0.370 e. The highest BCUT2D eigenvalue weighted by atomic mass is 19.1. The van der Waals surface area contributed by atoms with Gasteiger partial charge in [0.2, 0.25) is 5.91 Å². The molecule has 0 saturated carbocycles. The van der Waals surface area contributed by atoms with Crippen LogP contribution < -0.4 is 10.6 Å². The molecule has 2 N–H and O–H groups in total. The molecule has 0 unspecified atom stereocenters. The summed E-state index contributed by atoms with van der Waals surface area (Å²) in [6.07, 6.45) is 1.18. The van der Waals surface area contributed by atoms with Crippen molar-refractivity contribution in [3.05, 3.63) is 29.6 Å². The van der Waals surface area contributed by atoms with Crippen LogP contribution in [0.1, 0.15) is 12.0 Å². The van der Waals surface area contributed by atoms with E-state index in [1.54, 1.807) is 12.1 Å². The van der Waals surface area contributed by atoms with Crippen LogP contribution in [-0.2, 0) is 11.2 Å². The highest BCUT2D eigenvalue weighted by molar-refractivity contribution is 5.74. The second kappa shape index (κ2) is 3.88. The SMILES string of the molecule is NC(=O)CCN1CCc2cc(F)ccc21. The number of fused-ring (bicyclic) bond motifs is 1. The summed E-state index contributed by atoms with van der Waals surface area (Å²) >= 11 is 0. The van der Waals surface area contributed by atoms with E-state index in [2.05, 4.69) is 4.90 Å². The van der Waals surface area contributed by atoms with E-state index < -0.39 is 0 Å². The highest BCUT2D eigenvalue weighted by Gasteiger charge is 2.19. The molecule has 1 heterocycles. The maximum Gasteiger partial charge on any atom is 0.219 e. The molecule has 1 aliphatic rings. The van der Waals surface area contributed by atoms with Crippen LogP contribution in [-0.4, -0.2) is 19.0 Å². The molecule has 0 aromatic heterocycles. The fourth-order valence-electron chi connectivity index (χ4n) is 1.92. The van der Waals surface area contributed by atoms with Crippen LogP contribution in [0.2, 0.25) is 0 Å². The van der Waals surface area contributed by atoms with Gasteiger partial charge in [0.05, 0.1) is 0 Å². The number of carbonyl (C=O) groups excluding carboxylic acids is 1. The Balaban J connectivity index is 2.11. The number of halogens is 1. The molecule has 15 heavy (non-hydrogen) atoms. The van der Waals surface area contributed by atoms with Crippen molar-refractivity contribution in [2.24, 2.45) is 5.73 Å². The van der Waals surface area contributed by atoms with Crippen molar-refractivity contribution in [3.63, 3.8) is 0 Å². The molecule has 0 bridgehead atoms. The summed E-state index contributed by atoms with van der Waals surface area (Å²) in [6, 6.07) is 4.76. The van der Waals surface area contributed by atoms with Gasteiger partial charge in [-0.15, -0.1) is 0 Å². The zero-order chi connectivity index (χ0) is 10.8. The van der Waals surface area contributed by atoms with E-state index in [-0.39, 0.29) is 11.7 Å². The van der Waals surface area contributed by atoms with Gasteiger partial charge in [-0.25, -0.2) is 4.39 Å². The predicted molar refractivity (Wildman–Crippen MR) is 56.1 cm³/mol. The Morgan fingerprint density at radius 1 is 1.53 bits per heavy atom. The van der Waals surface area contributed by atoms with Crippen LogP contribution in [0, 0.1) is 5.82 Å². The number of amides is 1. The largest absolute Gasteiger partial charge is 0.370 e. The third-order valence-electron chi connectivity index (χ3n) is 2.66. The lowest BCUT2D eigenvalue weighted by molar-refractivity contribution is -0.117. The quantitative estimate of drug-likeness (QED) is 0.807. The molecular weight excluding hydrogens is 195 g/mol. The van der Waals surface area contributed by atoms with Crippen LogP contribution in [0.25, 0.3) is 0 Å². The summed E-state index contributed by atoms with van der Waals surface area (Å²) in [7, 11) is 0. The van der Waals surface area contributed by atoms with Crippen LogP contribution in [0.4, 0.5) is 10.1 Å². The van der Waals surface area contributed by atoms with Gasteiger partial charge in [-0.2, -0.15) is 0 Å². The molecule has 1 amide bonds. The minimum absolute atomic E-state index is 0.203. The van der Waals surface area contributed by atoms with E-state index in [0.29, 0.717) is 13.0 Å². The standard InChI is InChI=1S/C11H13FN2O/c12-9-1-2-10-8(7-9)3-5-14(10)6-4-11(13)15/h1-2,7H,3-6H2,(H2,13,15). The molecule has 80 valence electrons. The fraction of sp³-hybridized carbons (Fsp3) is 0.364. The van der Waals surface area contributed by atoms with Crippen molar-refractivity contribution in [1.82, 2.24) is 0 Å². The average Bonchev–Trinajstić information content (AvgIpc) is 2.57. The number of hydrogen-bond donors (Lipinski definition) is 1. The van der Waals surface area contributed by atoms with Gasteiger partial charge in [-0.1, -0.05) is 0 Å². The van der Waals surface area contributed by atoms with E-state index in [9.17, 15) is 9.18 Å². The molecule has 1 aromatic carbocycles. The Morgan fingerprint density at radius 2 is 2.33 bits per heavy atom. The molecule has 0 aliphatic carbocycles. The van der Waals surface area contributed by atoms with Crippen molar-refractivity contribution in [2.75, 3.05) is 18.0 Å². The lowest BCUT2D eigenvalue weighted by Crippen LogP contribution is -2.26. The Kier molecular flexibility index (Phi) is 2.58. The number of carbonyl (C=O) groups is 1.